The van der Waals surface area contributed by atoms with Crippen molar-refractivity contribution in [3.63, 3.8) is 0 Å². The third-order valence-corrected chi connectivity index (χ3v) is 4.98. The molecule has 0 unspecified atom stereocenters. The van der Waals surface area contributed by atoms with Crippen LogP contribution in [0.1, 0.15) is 17.3 Å². The molecule has 0 aliphatic heterocycles. The van der Waals surface area contributed by atoms with Gasteiger partial charge in [-0.1, -0.05) is 34.5 Å². The number of ether oxygens (including phenoxy) is 1. The fourth-order valence-corrected chi connectivity index (χ4v) is 3.83. The first-order valence-electron chi connectivity index (χ1n) is 7.57. The Balaban J connectivity index is 1.69. The highest BCUT2D eigenvalue weighted by molar-refractivity contribution is 7.80. The number of thiazole rings is 1. The molecule has 3 rings (SSSR count). The summed E-state index contributed by atoms with van der Waals surface area (Å²) in [4.78, 5) is 16.7. The smallest absolute Gasteiger partial charge is 0.258 e. The van der Waals surface area contributed by atoms with Gasteiger partial charge in [-0.2, -0.15) is 0 Å². The van der Waals surface area contributed by atoms with Crippen molar-refractivity contribution in [2.24, 2.45) is 0 Å². The first-order valence-corrected chi connectivity index (χ1v) is 9.55. The van der Waals surface area contributed by atoms with Gasteiger partial charge in [-0.15, -0.1) is 0 Å². The Morgan fingerprint density at radius 1 is 1.27 bits per heavy atom. The number of amides is 1. The maximum atomic E-state index is 12.3. The third-order valence-electron chi connectivity index (χ3n) is 3.29. The van der Waals surface area contributed by atoms with Crippen molar-refractivity contribution in [1.29, 1.82) is 0 Å². The van der Waals surface area contributed by atoms with Crippen molar-refractivity contribution in [1.82, 2.24) is 10.3 Å². The summed E-state index contributed by atoms with van der Waals surface area (Å²) in [6.07, 6.45) is 0. The standard InChI is InChI=1S/C17H13Cl2N3O2S2/c1-2-24-10-4-6-13-14(8-10)26-17(20-13)22-16(25)21-15(23)11-5-3-9(18)7-12(11)19/h3-8H,2H2,1H3,(H2,20,21,22,23,25). The number of nitrogens with one attached hydrogen (secondary N) is 2. The number of halogens is 2. The molecule has 26 heavy (non-hydrogen) atoms. The van der Waals surface area contributed by atoms with Gasteiger partial charge in [0.05, 0.1) is 27.4 Å². The van der Waals surface area contributed by atoms with E-state index in [0.717, 1.165) is 16.0 Å². The molecule has 2 aromatic carbocycles. The Kier molecular flexibility index (Phi) is 5.93. The molecule has 0 atom stereocenters. The Morgan fingerprint density at radius 3 is 2.81 bits per heavy atom. The van der Waals surface area contributed by atoms with Crippen molar-refractivity contribution in [2.45, 2.75) is 6.92 Å². The number of nitrogens with zero attached hydrogens (tertiary/aromatic N) is 1. The maximum absolute atomic E-state index is 12.3. The Hall–Kier alpha value is -1.93. The van der Waals surface area contributed by atoms with Crippen LogP contribution in [0.3, 0.4) is 0 Å². The van der Waals surface area contributed by atoms with Crippen LogP contribution in [0.25, 0.3) is 10.2 Å². The molecule has 0 aliphatic carbocycles. The molecule has 0 bridgehead atoms. The number of hydrogen-bond acceptors (Lipinski definition) is 5. The molecule has 0 spiro atoms. The van der Waals surface area contributed by atoms with Crippen molar-refractivity contribution in [3.8, 4) is 5.75 Å². The largest absolute Gasteiger partial charge is 0.494 e. The first kappa shape index (κ1) is 18.8. The number of carbonyl (C=O) groups is 1. The van der Waals surface area contributed by atoms with Gasteiger partial charge in [0.15, 0.2) is 10.2 Å². The topological polar surface area (TPSA) is 63.2 Å². The molecule has 5 nitrogen and oxygen atoms in total. The number of aromatic nitrogens is 1. The fraction of sp³-hybridized carbons (Fsp3) is 0.118. The van der Waals surface area contributed by atoms with Crippen LogP contribution in [0.2, 0.25) is 10.0 Å². The van der Waals surface area contributed by atoms with Crippen LogP contribution in [-0.4, -0.2) is 22.6 Å². The maximum Gasteiger partial charge on any atom is 0.258 e. The molecule has 0 radical (unpaired) electrons. The predicted molar refractivity (Wildman–Crippen MR) is 111 cm³/mol. The molecule has 1 amide bonds. The van der Waals surface area contributed by atoms with E-state index in [1.807, 2.05) is 25.1 Å². The molecule has 0 fully saturated rings. The number of fused-ring (bicyclic) bond motifs is 1. The van der Waals surface area contributed by atoms with Gasteiger partial charge in [0.25, 0.3) is 5.91 Å². The Labute approximate surface area is 169 Å². The van der Waals surface area contributed by atoms with Gasteiger partial charge >= 0.3 is 0 Å². The van der Waals surface area contributed by atoms with E-state index < -0.39 is 5.91 Å². The minimum Gasteiger partial charge on any atom is -0.494 e. The van der Waals surface area contributed by atoms with Crippen molar-refractivity contribution in [3.05, 3.63) is 52.0 Å². The molecule has 3 aromatic rings. The molecule has 0 aliphatic rings. The second kappa shape index (κ2) is 8.18. The molecule has 2 N–H and O–H groups in total. The van der Waals surface area contributed by atoms with E-state index in [2.05, 4.69) is 15.6 Å². The summed E-state index contributed by atoms with van der Waals surface area (Å²) in [5, 5.41) is 6.89. The van der Waals surface area contributed by atoms with Gasteiger partial charge in [0.1, 0.15) is 5.75 Å². The summed E-state index contributed by atoms with van der Waals surface area (Å²) in [7, 11) is 0. The number of hydrogen-bond donors (Lipinski definition) is 2. The fourth-order valence-electron chi connectivity index (χ4n) is 2.19. The zero-order valence-corrected chi connectivity index (χ0v) is 16.7. The molecule has 0 saturated heterocycles. The minimum atomic E-state index is -0.427. The Morgan fingerprint density at radius 2 is 2.08 bits per heavy atom. The summed E-state index contributed by atoms with van der Waals surface area (Å²) in [6, 6.07) is 10.3. The second-order valence-electron chi connectivity index (χ2n) is 5.11. The lowest BCUT2D eigenvalue weighted by Gasteiger charge is -2.08. The van der Waals surface area contributed by atoms with Crippen LogP contribution >= 0.6 is 46.8 Å². The van der Waals surface area contributed by atoms with Crippen molar-refractivity contribution >= 4 is 73.1 Å². The highest BCUT2D eigenvalue weighted by Crippen LogP contribution is 2.29. The number of carbonyl (C=O) groups excluding carboxylic acids is 1. The van der Waals surface area contributed by atoms with E-state index >= 15 is 0 Å². The SMILES string of the molecule is CCOc1ccc2nc(NC(=S)NC(=O)c3ccc(Cl)cc3Cl)sc2c1. The zero-order valence-electron chi connectivity index (χ0n) is 13.5. The van der Waals surface area contributed by atoms with Crippen LogP contribution in [0.15, 0.2) is 36.4 Å². The van der Waals surface area contributed by atoms with Crippen molar-refractivity contribution < 1.29 is 9.53 Å². The molecule has 0 saturated carbocycles. The second-order valence-corrected chi connectivity index (χ2v) is 7.40. The zero-order chi connectivity index (χ0) is 18.7. The van der Waals surface area contributed by atoms with Crippen LogP contribution in [0, 0.1) is 0 Å². The van der Waals surface area contributed by atoms with Gasteiger partial charge < -0.3 is 10.1 Å². The summed E-state index contributed by atoms with van der Waals surface area (Å²) < 4.78 is 6.43. The normalized spacial score (nSPS) is 10.6. The summed E-state index contributed by atoms with van der Waals surface area (Å²) in [5.41, 5.74) is 1.10. The lowest BCUT2D eigenvalue weighted by atomic mass is 10.2. The molecule has 134 valence electrons. The van der Waals surface area contributed by atoms with E-state index in [1.165, 1.54) is 23.5 Å². The number of anilines is 1. The molecule has 1 aromatic heterocycles. The highest BCUT2D eigenvalue weighted by Gasteiger charge is 2.13. The molecule has 1 heterocycles. The lowest BCUT2D eigenvalue weighted by molar-refractivity contribution is 0.0978. The van der Waals surface area contributed by atoms with E-state index in [1.54, 1.807) is 6.07 Å². The molecular weight excluding hydrogens is 413 g/mol. The van der Waals surface area contributed by atoms with Gasteiger partial charge in [-0.25, -0.2) is 4.98 Å². The minimum absolute atomic E-state index is 0.130. The van der Waals surface area contributed by atoms with E-state index in [-0.39, 0.29) is 15.7 Å². The number of thiocarbonyl (C=S) groups is 1. The quantitative estimate of drug-likeness (QED) is 0.567. The lowest BCUT2D eigenvalue weighted by Crippen LogP contribution is -2.34. The average Bonchev–Trinajstić information content (AvgIpc) is 2.96. The first-order chi connectivity index (χ1) is 12.5. The predicted octanol–water partition coefficient (Wildman–Crippen LogP) is 5.13. The Bertz CT molecular complexity index is 991. The third kappa shape index (κ3) is 4.42. The van der Waals surface area contributed by atoms with E-state index in [0.29, 0.717) is 16.8 Å². The summed E-state index contributed by atoms with van der Waals surface area (Å²) >= 11 is 18.5. The van der Waals surface area contributed by atoms with Crippen LogP contribution in [0.4, 0.5) is 5.13 Å². The van der Waals surface area contributed by atoms with E-state index in [9.17, 15) is 4.79 Å². The van der Waals surface area contributed by atoms with E-state index in [4.69, 9.17) is 40.2 Å². The molecule has 9 heteroatoms. The van der Waals surface area contributed by atoms with Gasteiger partial charge in [0.2, 0.25) is 0 Å². The summed E-state index contributed by atoms with van der Waals surface area (Å²) in [5.74, 6) is 0.354. The monoisotopic (exact) mass is 425 g/mol. The van der Waals surface area contributed by atoms with Gasteiger partial charge in [0, 0.05) is 5.02 Å². The molecular formula is C17H13Cl2N3O2S2. The van der Waals surface area contributed by atoms with Gasteiger partial charge in [-0.05, 0) is 55.5 Å². The van der Waals surface area contributed by atoms with Crippen LogP contribution in [-0.2, 0) is 0 Å². The van der Waals surface area contributed by atoms with Crippen LogP contribution < -0.4 is 15.4 Å². The van der Waals surface area contributed by atoms with Gasteiger partial charge in [-0.3, -0.25) is 10.1 Å². The average molecular weight is 426 g/mol. The highest BCUT2D eigenvalue weighted by atomic mass is 35.5. The summed E-state index contributed by atoms with van der Waals surface area (Å²) in [6.45, 7) is 2.52. The number of benzene rings is 2. The van der Waals surface area contributed by atoms with Crippen molar-refractivity contribution in [2.75, 3.05) is 11.9 Å². The van der Waals surface area contributed by atoms with Crippen LogP contribution in [0.5, 0.6) is 5.75 Å². The number of rotatable bonds is 4.